The third-order valence-electron chi connectivity index (χ3n) is 3.18. The summed E-state index contributed by atoms with van der Waals surface area (Å²) in [5.41, 5.74) is 8.81. The molecule has 0 unspecified atom stereocenters. The van der Waals surface area contributed by atoms with Crippen LogP contribution in [0.3, 0.4) is 0 Å². The average Bonchev–Trinajstić information content (AvgIpc) is 2.29. The number of nitrogens with one attached hydrogen (secondary N) is 1. The smallest absolute Gasteiger partial charge is 0.122 e. The van der Waals surface area contributed by atoms with Crippen LogP contribution in [0.4, 0.5) is 0 Å². The van der Waals surface area contributed by atoms with Crippen LogP contribution in [-0.4, -0.2) is 24.3 Å². The van der Waals surface area contributed by atoms with Crippen LogP contribution in [0.1, 0.15) is 37.0 Å². The fourth-order valence-corrected chi connectivity index (χ4v) is 1.89. The lowest BCUT2D eigenvalue weighted by atomic mass is 10.0. The summed E-state index contributed by atoms with van der Waals surface area (Å²) in [7, 11) is 2.15. The predicted octanol–water partition coefficient (Wildman–Crippen LogP) is 2.76. The molecule has 0 aliphatic carbocycles. The van der Waals surface area contributed by atoms with Crippen LogP contribution in [0.2, 0.25) is 0 Å². The second kappa shape index (κ2) is 6.55. The van der Waals surface area contributed by atoms with Gasteiger partial charge in [-0.25, -0.2) is 0 Å². The maximum atomic E-state index is 7.42. The van der Waals surface area contributed by atoms with E-state index in [0.717, 1.165) is 24.6 Å². The fourth-order valence-electron chi connectivity index (χ4n) is 1.89. The second-order valence-electron chi connectivity index (χ2n) is 5.48. The van der Waals surface area contributed by atoms with E-state index in [2.05, 4.69) is 38.8 Å². The number of rotatable bonds is 6. The number of hydrogen-bond donors (Lipinski definition) is 2. The second-order valence-corrected chi connectivity index (χ2v) is 5.48. The van der Waals surface area contributed by atoms with Crippen LogP contribution < -0.4 is 5.73 Å². The van der Waals surface area contributed by atoms with Crippen molar-refractivity contribution in [1.29, 1.82) is 5.41 Å². The average molecular weight is 247 g/mol. The zero-order valence-corrected chi connectivity index (χ0v) is 12.0. The first-order valence-electron chi connectivity index (χ1n) is 6.52. The highest BCUT2D eigenvalue weighted by Gasteiger charge is 2.06. The quantitative estimate of drug-likeness (QED) is 0.600. The molecular weight excluding hydrogens is 222 g/mol. The summed E-state index contributed by atoms with van der Waals surface area (Å²) in [6, 6.07) is 6.01. The van der Waals surface area contributed by atoms with E-state index < -0.39 is 0 Å². The van der Waals surface area contributed by atoms with Gasteiger partial charge < -0.3 is 10.6 Å². The molecule has 0 atom stereocenters. The van der Waals surface area contributed by atoms with Crippen molar-refractivity contribution in [2.24, 2.45) is 11.7 Å². The highest BCUT2D eigenvalue weighted by Crippen LogP contribution is 2.13. The first kappa shape index (κ1) is 14.7. The molecule has 1 rings (SSSR count). The Bertz CT molecular complexity index is 410. The van der Waals surface area contributed by atoms with Crippen molar-refractivity contribution in [3.63, 3.8) is 0 Å². The molecule has 0 aromatic heterocycles. The Morgan fingerprint density at radius 1 is 1.39 bits per heavy atom. The van der Waals surface area contributed by atoms with Crippen molar-refractivity contribution in [3.8, 4) is 0 Å². The van der Waals surface area contributed by atoms with E-state index in [1.165, 1.54) is 17.5 Å². The van der Waals surface area contributed by atoms with Gasteiger partial charge in [0.25, 0.3) is 0 Å². The van der Waals surface area contributed by atoms with Gasteiger partial charge in [0.2, 0.25) is 0 Å². The highest BCUT2D eigenvalue weighted by atomic mass is 15.1. The summed E-state index contributed by atoms with van der Waals surface area (Å²) in [5.74, 6) is 0.881. The zero-order chi connectivity index (χ0) is 13.7. The Kier molecular flexibility index (Phi) is 5.35. The van der Waals surface area contributed by atoms with E-state index in [9.17, 15) is 0 Å². The number of nitrogens with two attached hydrogens (primary N) is 1. The van der Waals surface area contributed by atoms with E-state index in [0.29, 0.717) is 0 Å². The lowest BCUT2D eigenvalue weighted by Gasteiger charge is -2.19. The maximum absolute atomic E-state index is 7.42. The summed E-state index contributed by atoms with van der Waals surface area (Å²) < 4.78 is 0. The third kappa shape index (κ3) is 4.49. The summed E-state index contributed by atoms with van der Waals surface area (Å²) in [4.78, 5) is 2.34. The van der Waals surface area contributed by atoms with Crippen LogP contribution in [0, 0.1) is 18.3 Å². The van der Waals surface area contributed by atoms with Crippen LogP contribution in [0.15, 0.2) is 18.2 Å². The van der Waals surface area contributed by atoms with Gasteiger partial charge in [0.15, 0.2) is 0 Å². The maximum Gasteiger partial charge on any atom is 0.122 e. The number of hydrogen-bond acceptors (Lipinski definition) is 2. The van der Waals surface area contributed by atoms with Crippen LogP contribution in [-0.2, 0) is 6.54 Å². The lowest BCUT2D eigenvalue weighted by Crippen LogP contribution is -2.21. The molecule has 3 N–H and O–H groups in total. The Morgan fingerprint density at radius 3 is 2.56 bits per heavy atom. The van der Waals surface area contributed by atoms with E-state index >= 15 is 0 Å². The Labute approximate surface area is 111 Å². The van der Waals surface area contributed by atoms with E-state index in [1.807, 2.05) is 12.1 Å². The molecule has 0 fully saturated rings. The van der Waals surface area contributed by atoms with Gasteiger partial charge >= 0.3 is 0 Å². The topological polar surface area (TPSA) is 53.1 Å². The number of amidine groups is 1. The molecular formula is C15H25N3. The first-order chi connectivity index (χ1) is 8.40. The lowest BCUT2D eigenvalue weighted by molar-refractivity contribution is 0.303. The molecule has 3 heteroatoms. The minimum atomic E-state index is 0.137. The molecule has 0 heterocycles. The largest absolute Gasteiger partial charge is 0.384 e. The van der Waals surface area contributed by atoms with E-state index in [-0.39, 0.29) is 5.84 Å². The van der Waals surface area contributed by atoms with Gasteiger partial charge in [-0.1, -0.05) is 26.0 Å². The molecule has 0 saturated carbocycles. The van der Waals surface area contributed by atoms with Gasteiger partial charge in [0, 0.05) is 12.1 Å². The molecule has 0 saturated heterocycles. The Hall–Kier alpha value is -1.35. The van der Waals surface area contributed by atoms with Crippen molar-refractivity contribution >= 4 is 5.84 Å². The predicted molar refractivity (Wildman–Crippen MR) is 78.0 cm³/mol. The monoisotopic (exact) mass is 247 g/mol. The molecule has 0 radical (unpaired) electrons. The minimum absolute atomic E-state index is 0.137. The molecule has 0 aliphatic rings. The molecule has 100 valence electrons. The Balaban J connectivity index is 2.64. The van der Waals surface area contributed by atoms with Crippen molar-refractivity contribution in [2.75, 3.05) is 13.6 Å². The molecule has 0 bridgehead atoms. The number of aryl methyl sites for hydroxylation is 1. The molecule has 3 nitrogen and oxygen atoms in total. The van der Waals surface area contributed by atoms with Crippen molar-refractivity contribution in [1.82, 2.24) is 4.90 Å². The SMILES string of the molecule is Cc1cc(C(=N)N)ccc1CN(C)CCC(C)C. The molecule has 0 aliphatic heterocycles. The Morgan fingerprint density at radius 2 is 2.06 bits per heavy atom. The van der Waals surface area contributed by atoms with Gasteiger partial charge in [-0.2, -0.15) is 0 Å². The van der Waals surface area contributed by atoms with Crippen molar-refractivity contribution in [2.45, 2.75) is 33.7 Å². The van der Waals surface area contributed by atoms with E-state index in [1.54, 1.807) is 0 Å². The standard InChI is InChI=1S/C15H25N3/c1-11(2)7-8-18(4)10-14-6-5-13(15(16)17)9-12(14)3/h5-6,9,11H,7-8,10H2,1-4H3,(H3,16,17). The first-order valence-corrected chi connectivity index (χ1v) is 6.52. The number of benzene rings is 1. The van der Waals surface area contributed by atoms with Crippen LogP contribution in [0.25, 0.3) is 0 Å². The highest BCUT2D eigenvalue weighted by molar-refractivity contribution is 5.95. The minimum Gasteiger partial charge on any atom is -0.384 e. The molecule has 1 aromatic rings. The van der Waals surface area contributed by atoms with Gasteiger partial charge in [-0.15, -0.1) is 0 Å². The third-order valence-corrected chi connectivity index (χ3v) is 3.18. The summed E-state index contributed by atoms with van der Waals surface area (Å²) in [6.07, 6.45) is 1.22. The van der Waals surface area contributed by atoms with Gasteiger partial charge in [0.05, 0.1) is 0 Å². The fraction of sp³-hybridized carbons (Fsp3) is 0.533. The van der Waals surface area contributed by atoms with Gasteiger partial charge in [0.1, 0.15) is 5.84 Å². The van der Waals surface area contributed by atoms with Crippen LogP contribution >= 0.6 is 0 Å². The number of nitrogens with zero attached hydrogens (tertiary/aromatic N) is 1. The zero-order valence-electron chi connectivity index (χ0n) is 12.0. The van der Waals surface area contributed by atoms with Crippen LogP contribution in [0.5, 0.6) is 0 Å². The number of nitrogen functional groups attached to an aromatic ring is 1. The van der Waals surface area contributed by atoms with Gasteiger partial charge in [-0.3, -0.25) is 5.41 Å². The normalized spacial score (nSPS) is 11.2. The van der Waals surface area contributed by atoms with Gasteiger partial charge in [-0.05, 0) is 50.0 Å². The molecule has 0 spiro atoms. The van der Waals surface area contributed by atoms with E-state index in [4.69, 9.17) is 11.1 Å². The van der Waals surface area contributed by atoms with Crippen molar-refractivity contribution < 1.29 is 0 Å². The molecule has 0 amide bonds. The van der Waals surface area contributed by atoms with Crippen molar-refractivity contribution in [3.05, 3.63) is 34.9 Å². The summed E-state index contributed by atoms with van der Waals surface area (Å²) >= 11 is 0. The summed E-state index contributed by atoms with van der Waals surface area (Å²) in [6.45, 7) is 8.65. The molecule has 18 heavy (non-hydrogen) atoms. The summed E-state index contributed by atoms with van der Waals surface area (Å²) in [5, 5.41) is 7.42. The molecule has 1 aromatic carbocycles.